The summed E-state index contributed by atoms with van der Waals surface area (Å²) in [5.74, 6) is 1.95. The monoisotopic (exact) mass is 335 g/mol. The Bertz CT molecular complexity index is 953. The molecule has 25 heavy (non-hydrogen) atoms. The lowest BCUT2D eigenvalue weighted by Crippen LogP contribution is -2.05. The van der Waals surface area contributed by atoms with Crippen LogP contribution < -0.4 is 9.47 Å². The number of aromatic nitrogens is 1. The number of methoxy groups -OCH3 is 2. The first-order valence-electron chi connectivity index (χ1n) is 8.53. The molecule has 0 amide bonds. The lowest BCUT2D eigenvalue weighted by atomic mass is 9.95. The number of carbonyl (C=O) groups excluding carboxylic acids is 1. The minimum Gasteiger partial charge on any atom is -0.497 e. The van der Waals surface area contributed by atoms with Crippen LogP contribution in [-0.2, 0) is 6.54 Å². The molecule has 3 aromatic rings. The van der Waals surface area contributed by atoms with Gasteiger partial charge in [0.1, 0.15) is 11.5 Å². The quantitative estimate of drug-likeness (QED) is 0.664. The minimum atomic E-state index is 0.0587. The average Bonchev–Trinajstić information content (AvgIpc) is 3.18. The molecule has 4 nitrogen and oxygen atoms in total. The summed E-state index contributed by atoms with van der Waals surface area (Å²) in [7, 11) is 3.28. The second kappa shape index (κ2) is 5.96. The molecule has 0 aliphatic carbocycles. The molecular formula is C21H21NO3. The van der Waals surface area contributed by atoms with Crippen molar-refractivity contribution in [1.82, 2.24) is 4.57 Å². The molecule has 1 unspecified atom stereocenters. The number of hydrogen-bond donors (Lipinski definition) is 0. The fourth-order valence-electron chi connectivity index (χ4n) is 3.82. The summed E-state index contributed by atoms with van der Waals surface area (Å²) < 4.78 is 12.9. The number of nitrogens with zero attached hydrogens (tertiary/aromatic N) is 1. The topological polar surface area (TPSA) is 40.5 Å². The molecule has 0 saturated heterocycles. The van der Waals surface area contributed by atoms with Gasteiger partial charge in [0.05, 0.1) is 19.8 Å². The van der Waals surface area contributed by atoms with Gasteiger partial charge in [-0.05, 0) is 54.8 Å². The van der Waals surface area contributed by atoms with Crippen molar-refractivity contribution in [2.45, 2.75) is 25.8 Å². The smallest absolute Gasteiger partial charge is 0.195 e. The van der Waals surface area contributed by atoms with Crippen molar-refractivity contribution >= 4 is 16.7 Å². The third-order valence-electron chi connectivity index (χ3n) is 5.14. The van der Waals surface area contributed by atoms with Gasteiger partial charge in [-0.15, -0.1) is 0 Å². The van der Waals surface area contributed by atoms with Crippen LogP contribution in [0.4, 0.5) is 0 Å². The highest BCUT2D eigenvalue weighted by atomic mass is 16.5. The standard InChI is InChI=1S/C21H21NO3/c1-13-10-11-22-18-9-8-16(25-3)12-17(18)19(20(13)22)21(23)14-4-6-15(24-2)7-5-14/h4-9,12-13H,10-11H2,1-3H3. The molecule has 128 valence electrons. The van der Waals surface area contributed by atoms with Crippen molar-refractivity contribution in [2.24, 2.45) is 0 Å². The molecule has 1 aliphatic rings. The molecule has 4 heteroatoms. The van der Waals surface area contributed by atoms with E-state index in [9.17, 15) is 4.79 Å². The lowest BCUT2D eigenvalue weighted by Gasteiger charge is -2.08. The molecule has 0 fully saturated rings. The van der Waals surface area contributed by atoms with E-state index < -0.39 is 0 Å². The highest BCUT2D eigenvalue weighted by molar-refractivity contribution is 6.18. The Labute approximate surface area is 147 Å². The molecule has 0 saturated carbocycles. The van der Waals surface area contributed by atoms with Gasteiger partial charge in [-0.2, -0.15) is 0 Å². The van der Waals surface area contributed by atoms with E-state index in [0.29, 0.717) is 11.5 Å². The molecule has 0 N–H and O–H groups in total. The average molecular weight is 335 g/mol. The molecule has 0 bridgehead atoms. The van der Waals surface area contributed by atoms with E-state index in [2.05, 4.69) is 17.6 Å². The molecule has 1 aromatic heterocycles. The normalized spacial score (nSPS) is 16.0. The van der Waals surface area contributed by atoms with E-state index in [-0.39, 0.29) is 5.78 Å². The predicted octanol–water partition coefficient (Wildman–Crippen LogP) is 4.40. The third-order valence-corrected chi connectivity index (χ3v) is 5.14. The summed E-state index contributed by atoms with van der Waals surface area (Å²) in [5, 5.41) is 0.974. The number of benzene rings is 2. The number of ether oxygens (including phenoxy) is 2. The first-order chi connectivity index (χ1) is 12.1. The predicted molar refractivity (Wildman–Crippen MR) is 97.9 cm³/mol. The van der Waals surface area contributed by atoms with Crippen molar-refractivity contribution in [2.75, 3.05) is 14.2 Å². The number of ketones is 1. The van der Waals surface area contributed by atoms with Gasteiger partial charge in [0.15, 0.2) is 5.78 Å². The zero-order valence-corrected chi connectivity index (χ0v) is 14.7. The maximum absolute atomic E-state index is 13.3. The maximum Gasteiger partial charge on any atom is 0.195 e. The van der Waals surface area contributed by atoms with Gasteiger partial charge < -0.3 is 14.0 Å². The second-order valence-electron chi connectivity index (χ2n) is 6.54. The zero-order chi connectivity index (χ0) is 17.6. The van der Waals surface area contributed by atoms with E-state index in [0.717, 1.165) is 46.6 Å². The van der Waals surface area contributed by atoms with Gasteiger partial charge in [-0.25, -0.2) is 0 Å². The Morgan fingerprint density at radius 1 is 1.04 bits per heavy atom. The maximum atomic E-state index is 13.3. The van der Waals surface area contributed by atoms with Crippen LogP contribution in [-0.4, -0.2) is 24.6 Å². The van der Waals surface area contributed by atoms with Crippen LogP contribution in [0.3, 0.4) is 0 Å². The number of carbonyl (C=O) groups is 1. The number of aryl methyl sites for hydroxylation is 1. The van der Waals surface area contributed by atoms with Crippen LogP contribution in [0.5, 0.6) is 11.5 Å². The first kappa shape index (κ1) is 15.8. The minimum absolute atomic E-state index is 0.0587. The van der Waals surface area contributed by atoms with E-state index in [1.165, 1.54) is 0 Å². The van der Waals surface area contributed by atoms with Gasteiger partial charge in [-0.1, -0.05) is 6.92 Å². The van der Waals surface area contributed by atoms with E-state index in [1.807, 2.05) is 36.4 Å². The summed E-state index contributed by atoms with van der Waals surface area (Å²) in [6.07, 6.45) is 1.07. The summed E-state index contributed by atoms with van der Waals surface area (Å²) >= 11 is 0. The molecular weight excluding hydrogens is 314 g/mol. The largest absolute Gasteiger partial charge is 0.497 e. The van der Waals surface area contributed by atoms with Crippen LogP contribution in [0.25, 0.3) is 10.9 Å². The summed E-state index contributed by atoms with van der Waals surface area (Å²) in [4.78, 5) is 13.3. The van der Waals surface area contributed by atoms with Crippen LogP contribution in [0, 0.1) is 0 Å². The molecule has 2 aromatic carbocycles. The van der Waals surface area contributed by atoms with Gasteiger partial charge >= 0.3 is 0 Å². The molecule has 4 rings (SSSR count). The van der Waals surface area contributed by atoms with Gasteiger partial charge in [0.2, 0.25) is 0 Å². The molecule has 1 atom stereocenters. The number of hydrogen-bond acceptors (Lipinski definition) is 3. The molecule has 0 spiro atoms. The summed E-state index contributed by atoms with van der Waals surface area (Å²) in [6.45, 7) is 3.15. The Balaban J connectivity index is 1.92. The molecule has 0 radical (unpaired) electrons. The van der Waals surface area contributed by atoms with Gasteiger partial charge in [0, 0.05) is 28.7 Å². The fraction of sp³-hybridized carbons (Fsp3) is 0.286. The Hall–Kier alpha value is -2.75. The summed E-state index contributed by atoms with van der Waals surface area (Å²) in [6, 6.07) is 13.3. The Kier molecular flexibility index (Phi) is 3.75. The third kappa shape index (κ3) is 2.40. The van der Waals surface area contributed by atoms with Crippen molar-refractivity contribution < 1.29 is 14.3 Å². The Morgan fingerprint density at radius 2 is 1.72 bits per heavy atom. The summed E-state index contributed by atoms with van der Waals surface area (Å²) in [5.41, 5.74) is 3.74. The van der Waals surface area contributed by atoms with Crippen molar-refractivity contribution in [1.29, 1.82) is 0 Å². The van der Waals surface area contributed by atoms with Crippen molar-refractivity contribution in [3.8, 4) is 11.5 Å². The van der Waals surface area contributed by atoms with Gasteiger partial charge in [0.25, 0.3) is 0 Å². The van der Waals surface area contributed by atoms with E-state index >= 15 is 0 Å². The van der Waals surface area contributed by atoms with Crippen molar-refractivity contribution in [3.63, 3.8) is 0 Å². The van der Waals surface area contributed by atoms with Crippen LogP contribution >= 0.6 is 0 Å². The lowest BCUT2D eigenvalue weighted by molar-refractivity contribution is 0.103. The number of fused-ring (bicyclic) bond motifs is 3. The SMILES string of the molecule is COc1ccc(C(=O)c2c3n(c4ccc(OC)cc24)CCC3C)cc1. The zero-order valence-electron chi connectivity index (χ0n) is 14.7. The van der Waals surface area contributed by atoms with Crippen LogP contribution in [0.15, 0.2) is 42.5 Å². The first-order valence-corrected chi connectivity index (χ1v) is 8.53. The fourth-order valence-corrected chi connectivity index (χ4v) is 3.82. The van der Waals surface area contributed by atoms with E-state index in [1.54, 1.807) is 14.2 Å². The van der Waals surface area contributed by atoms with Crippen LogP contribution in [0.1, 0.15) is 40.9 Å². The number of rotatable bonds is 4. The second-order valence-corrected chi connectivity index (χ2v) is 6.54. The van der Waals surface area contributed by atoms with E-state index in [4.69, 9.17) is 9.47 Å². The Morgan fingerprint density at radius 3 is 2.40 bits per heavy atom. The highest BCUT2D eigenvalue weighted by Crippen LogP contribution is 2.40. The highest BCUT2D eigenvalue weighted by Gasteiger charge is 2.30. The molecule has 2 heterocycles. The van der Waals surface area contributed by atoms with Crippen molar-refractivity contribution in [3.05, 3.63) is 59.3 Å². The molecule has 1 aliphatic heterocycles. The van der Waals surface area contributed by atoms with Crippen LogP contribution in [0.2, 0.25) is 0 Å². The van der Waals surface area contributed by atoms with Gasteiger partial charge in [-0.3, -0.25) is 4.79 Å².